The quantitative estimate of drug-likeness (QED) is 0.275. The molecule has 3 saturated heterocycles. The third kappa shape index (κ3) is 8.19. The Morgan fingerprint density at radius 1 is 0.941 bits per heavy atom. The molecule has 6 rings (SSSR count). The van der Waals surface area contributed by atoms with E-state index in [1.807, 2.05) is 67.1 Å². The van der Waals surface area contributed by atoms with Crippen molar-refractivity contribution < 1.29 is 19.1 Å². The summed E-state index contributed by atoms with van der Waals surface area (Å²) in [6.45, 7) is 11.2. The van der Waals surface area contributed by atoms with Crippen molar-refractivity contribution in [2.24, 2.45) is 5.92 Å². The van der Waals surface area contributed by atoms with E-state index in [4.69, 9.17) is 9.72 Å². The molecule has 0 aliphatic carbocycles. The van der Waals surface area contributed by atoms with Crippen LogP contribution in [0.5, 0.6) is 5.75 Å². The largest absolute Gasteiger partial charge is 0.492 e. The molecule has 51 heavy (non-hydrogen) atoms. The maximum atomic E-state index is 13.5. The number of piperazine rings is 1. The minimum absolute atomic E-state index is 0.0478. The third-order valence-electron chi connectivity index (χ3n) is 10.6. The molecule has 0 unspecified atom stereocenters. The van der Waals surface area contributed by atoms with Gasteiger partial charge in [-0.15, -0.1) is 0 Å². The number of aryl methyl sites for hydroxylation is 1. The Morgan fingerprint density at radius 2 is 1.67 bits per heavy atom. The summed E-state index contributed by atoms with van der Waals surface area (Å²) in [7, 11) is 3.61. The van der Waals surface area contributed by atoms with Crippen molar-refractivity contribution in [1.29, 1.82) is 0 Å². The lowest BCUT2D eigenvalue weighted by Crippen LogP contribution is -2.54. The zero-order valence-electron chi connectivity index (χ0n) is 30.3. The van der Waals surface area contributed by atoms with E-state index >= 15 is 0 Å². The van der Waals surface area contributed by atoms with Gasteiger partial charge in [-0.25, -0.2) is 4.98 Å². The van der Waals surface area contributed by atoms with Gasteiger partial charge in [-0.05, 0) is 63.3 Å². The monoisotopic (exact) mass is 697 g/mol. The fourth-order valence-electron chi connectivity index (χ4n) is 7.54. The number of aromatic nitrogens is 2. The molecule has 0 atom stereocenters. The summed E-state index contributed by atoms with van der Waals surface area (Å²) in [4.78, 5) is 57.9. The smallest absolute Gasteiger partial charge is 0.229 e. The second-order valence-electron chi connectivity index (χ2n) is 13.7. The van der Waals surface area contributed by atoms with Crippen LogP contribution in [-0.4, -0.2) is 122 Å². The number of piperidine rings is 2. The Morgan fingerprint density at radius 3 is 2.33 bits per heavy atom. The van der Waals surface area contributed by atoms with Gasteiger partial charge in [0.05, 0.1) is 18.5 Å². The third-order valence-corrected chi connectivity index (χ3v) is 10.6. The van der Waals surface area contributed by atoms with Gasteiger partial charge < -0.3 is 34.6 Å². The minimum Gasteiger partial charge on any atom is -0.492 e. The zero-order valence-corrected chi connectivity index (χ0v) is 30.3. The van der Waals surface area contributed by atoms with Crippen LogP contribution in [0.2, 0.25) is 0 Å². The normalized spacial score (nSPS) is 17.6. The molecule has 0 bridgehead atoms. The highest BCUT2D eigenvalue weighted by molar-refractivity contribution is 5.84. The summed E-state index contributed by atoms with van der Waals surface area (Å²) in [5.74, 6) is 2.00. The Balaban J connectivity index is 1.08. The number of para-hydroxylation sites is 1. The number of benzene rings is 2. The van der Waals surface area contributed by atoms with Crippen molar-refractivity contribution in [1.82, 2.24) is 24.7 Å². The Kier molecular flexibility index (Phi) is 11.5. The SMILES string of the molecule is CCOc1cc(N2CCC(C(=O)N3CCC(N4CCN(C=O)CC4)CC3)CC2)ccc1Nc1ncc(N(C)C=O)c(N(C)c2ccccc2C)n1. The lowest BCUT2D eigenvalue weighted by Gasteiger charge is -2.43. The van der Waals surface area contributed by atoms with Crippen LogP contribution in [0.4, 0.5) is 34.5 Å². The van der Waals surface area contributed by atoms with Gasteiger partial charge in [0.1, 0.15) is 11.4 Å². The first kappa shape index (κ1) is 35.9. The zero-order chi connectivity index (χ0) is 35.9. The van der Waals surface area contributed by atoms with Crippen LogP contribution in [0.25, 0.3) is 0 Å². The van der Waals surface area contributed by atoms with Crippen LogP contribution >= 0.6 is 0 Å². The fraction of sp³-hybridized carbons (Fsp3) is 0.500. The maximum absolute atomic E-state index is 13.5. The Labute approximate surface area is 301 Å². The predicted octanol–water partition coefficient (Wildman–Crippen LogP) is 4.27. The van der Waals surface area contributed by atoms with Crippen LogP contribution in [-0.2, 0) is 14.4 Å². The fourth-order valence-corrected chi connectivity index (χ4v) is 7.54. The number of rotatable bonds is 12. The molecule has 4 heterocycles. The number of hydrogen-bond donors (Lipinski definition) is 1. The van der Waals surface area contributed by atoms with Crippen molar-refractivity contribution in [3.8, 4) is 5.75 Å². The highest BCUT2D eigenvalue weighted by Crippen LogP contribution is 2.36. The van der Waals surface area contributed by atoms with Crippen molar-refractivity contribution in [3.63, 3.8) is 0 Å². The van der Waals surface area contributed by atoms with Gasteiger partial charge in [-0.2, -0.15) is 4.98 Å². The van der Waals surface area contributed by atoms with E-state index in [1.54, 1.807) is 13.2 Å². The molecule has 3 aliphatic heterocycles. The topological polar surface area (TPSA) is 118 Å². The summed E-state index contributed by atoms with van der Waals surface area (Å²) >= 11 is 0. The molecule has 13 heteroatoms. The summed E-state index contributed by atoms with van der Waals surface area (Å²) in [5.41, 5.74) is 4.42. The first-order chi connectivity index (χ1) is 24.8. The van der Waals surface area contributed by atoms with Crippen molar-refractivity contribution in [2.45, 2.75) is 45.6 Å². The molecule has 0 spiro atoms. The Hall–Kier alpha value is -4.91. The molecule has 272 valence electrons. The van der Waals surface area contributed by atoms with Crippen LogP contribution in [0.1, 0.15) is 38.2 Å². The average molecular weight is 698 g/mol. The number of carbonyl (C=O) groups is 3. The summed E-state index contributed by atoms with van der Waals surface area (Å²) in [6.07, 6.45) is 6.99. The van der Waals surface area contributed by atoms with Crippen molar-refractivity contribution >= 4 is 53.2 Å². The van der Waals surface area contributed by atoms with Crippen LogP contribution in [0, 0.1) is 12.8 Å². The molecular weight excluding hydrogens is 646 g/mol. The van der Waals surface area contributed by atoms with Gasteiger partial charge in [0.25, 0.3) is 0 Å². The first-order valence-electron chi connectivity index (χ1n) is 18.1. The van der Waals surface area contributed by atoms with Gasteiger partial charge >= 0.3 is 0 Å². The number of likely N-dealkylation sites (tertiary alicyclic amines) is 1. The molecule has 0 radical (unpaired) electrons. The number of carbonyl (C=O) groups excluding carboxylic acids is 3. The van der Waals surface area contributed by atoms with E-state index < -0.39 is 0 Å². The lowest BCUT2D eigenvalue weighted by molar-refractivity contribution is -0.138. The molecule has 3 aliphatic rings. The molecule has 3 amide bonds. The summed E-state index contributed by atoms with van der Waals surface area (Å²) in [6, 6.07) is 14.6. The van der Waals surface area contributed by atoms with Crippen LogP contribution in [0.3, 0.4) is 0 Å². The predicted molar refractivity (Wildman–Crippen MR) is 200 cm³/mol. The number of hydrogen-bond acceptors (Lipinski definition) is 10. The second kappa shape index (κ2) is 16.4. The number of nitrogens with zero attached hydrogens (tertiary/aromatic N) is 8. The number of nitrogens with one attached hydrogen (secondary N) is 1. The van der Waals surface area contributed by atoms with E-state index in [2.05, 4.69) is 31.1 Å². The first-order valence-corrected chi connectivity index (χ1v) is 18.1. The van der Waals surface area contributed by atoms with Gasteiger partial charge in [0.2, 0.25) is 24.7 Å². The minimum atomic E-state index is 0.0478. The van der Waals surface area contributed by atoms with Crippen molar-refractivity contribution in [2.75, 3.05) is 93.1 Å². The standard InChI is InChI=1S/C38H51N9O4/c1-5-51-35-24-31(45-16-12-29(13-17-45)37(50)47-18-14-30(15-19-47)46-22-20-44(27-49)21-23-46)10-11-32(35)40-38-39-25-34(42(3)26-48)36(41-38)43(4)33-9-7-6-8-28(33)2/h6-11,24-27,29-30H,5,12-23H2,1-4H3,(H,39,40,41). The van der Waals surface area contributed by atoms with Gasteiger partial charge in [0.15, 0.2) is 5.82 Å². The molecular formula is C38H51N9O4. The molecule has 2 aromatic carbocycles. The molecule has 0 saturated carbocycles. The van der Waals surface area contributed by atoms with E-state index in [-0.39, 0.29) is 5.92 Å². The van der Waals surface area contributed by atoms with Gasteiger partial charge in [-0.3, -0.25) is 19.3 Å². The van der Waals surface area contributed by atoms with E-state index in [0.29, 0.717) is 41.8 Å². The summed E-state index contributed by atoms with van der Waals surface area (Å²) < 4.78 is 6.09. The van der Waals surface area contributed by atoms with E-state index in [1.165, 1.54) is 4.90 Å². The average Bonchev–Trinajstić information content (AvgIpc) is 3.18. The van der Waals surface area contributed by atoms with E-state index in [9.17, 15) is 14.4 Å². The molecule has 13 nitrogen and oxygen atoms in total. The second-order valence-corrected chi connectivity index (χ2v) is 13.7. The summed E-state index contributed by atoms with van der Waals surface area (Å²) in [5, 5.41) is 3.35. The maximum Gasteiger partial charge on any atom is 0.229 e. The molecule has 1 N–H and O–H groups in total. The number of anilines is 6. The van der Waals surface area contributed by atoms with Crippen LogP contribution in [0.15, 0.2) is 48.7 Å². The van der Waals surface area contributed by atoms with Crippen molar-refractivity contribution in [3.05, 3.63) is 54.2 Å². The van der Waals surface area contributed by atoms with Gasteiger partial charge in [0, 0.05) is 95.9 Å². The van der Waals surface area contributed by atoms with E-state index in [0.717, 1.165) is 113 Å². The van der Waals surface area contributed by atoms with Crippen LogP contribution < -0.4 is 24.8 Å². The number of ether oxygens (including phenoxy) is 1. The highest BCUT2D eigenvalue weighted by Gasteiger charge is 2.33. The number of amides is 3. The Bertz CT molecular complexity index is 1660. The lowest BCUT2D eigenvalue weighted by atomic mass is 9.93. The molecule has 3 fully saturated rings. The molecule has 3 aromatic rings. The van der Waals surface area contributed by atoms with Gasteiger partial charge in [-0.1, -0.05) is 18.2 Å². The molecule has 1 aromatic heterocycles. The highest BCUT2D eigenvalue weighted by atomic mass is 16.5.